The highest BCUT2D eigenvalue weighted by atomic mass is 16.5. The average Bonchev–Trinajstić information content (AvgIpc) is 2.69. The van der Waals surface area contributed by atoms with E-state index in [1.165, 1.54) is 0 Å². The van der Waals surface area contributed by atoms with Crippen LogP contribution in [0.2, 0.25) is 0 Å². The molecule has 8 heteroatoms. The fourth-order valence-electron chi connectivity index (χ4n) is 3.35. The van der Waals surface area contributed by atoms with Gasteiger partial charge in [-0.25, -0.2) is 19.9 Å². The molecule has 0 aliphatic carbocycles. The summed E-state index contributed by atoms with van der Waals surface area (Å²) in [5.74, 6) is 3.02. The number of nitrogens with zero attached hydrogens (tertiary/aromatic N) is 7. The van der Waals surface area contributed by atoms with Gasteiger partial charge in [0.25, 0.3) is 0 Å². The number of hydrogen-bond acceptors (Lipinski definition) is 8. The van der Waals surface area contributed by atoms with Crippen molar-refractivity contribution >= 4 is 17.5 Å². The lowest BCUT2D eigenvalue weighted by atomic mass is 10.2. The van der Waals surface area contributed by atoms with Gasteiger partial charge >= 0.3 is 0 Å². The molecule has 4 rings (SSSR count). The molecule has 0 N–H and O–H groups in total. The van der Waals surface area contributed by atoms with Gasteiger partial charge in [-0.2, -0.15) is 0 Å². The third kappa shape index (κ3) is 3.48. The molecule has 2 aliphatic heterocycles. The van der Waals surface area contributed by atoms with E-state index in [-0.39, 0.29) is 0 Å². The Labute approximate surface area is 147 Å². The monoisotopic (exact) mass is 341 g/mol. The Kier molecular flexibility index (Phi) is 4.60. The molecule has 2 aliphatic rings. The quantitative estimate of drug-likeness (QED) is 0.810. The standard InChI is InChI=1S/C17H23N7O/c1-14-11-18-12-21-17(14)24-4-2-22(3-5-24)15-10-16(20-13-19-15)23-6-8-25-9-7-23/h10-13H,2-9H2,1H3. The smallest absolute Gasteiger partial charge is 0.134 e. The van der Waals surface area contributed by atoms with Gasteiger partial charge in [0.05, 0.1) is 13.2 Å². The Hall–Kier alpha value is -2.48. The maximum atomic E-state index is 5.42. The van der Waals surface area contributed by atoms with Crippen molar-refractivity contribution in [2.75, 3.05) is 67.2 Å². The Balaban J connectivity index is 1.43. The van der Waals surface area contributed by atoms with Gasteiger partial charge in [0.2, 0.25) is 0 Å². The lowest BCUT2D eigenvalue weighted by Crippen LogP contribution is -2.47. The molecule has 0 radical (unpaired) electrons. The first kappa shape index (κ1) is 16.0. The van der Waals surface area contributed by atoms with Crippen molar-refractivity contribution in [2.24, 2.45) is 0 Å². The minimum atomic E-state index is 0.760. The van der Waals surface area contributed by atoms with Crippen LogP contribution in [0.4, 0.5) is 17.5 Å². The summed E-state index contributed by atoms with van der Waals surface area (Å²) in [6.45, 7) is 9.04. The number of hydrogen-bond donors (Lipinski definition) is 0. The van der Waals surface area contributed by atoms with Gasteiger partial charge in [-0.15, -0.1) is 0 Å². The molecule has 25 heavy (non-hydrogen) atoms. The molecule has 4 heterocycles. The van der Waals surface area contributed by atoms with E-state index in [1.54, 1.807) is 12.7 Å². The minimum absolute atomic E-state index is 0.760. The molecule has 8 nitrogen and oxygen atoms in total. The molecule has 0 amide bonds. The molecule has 0 saturated carbocycles. The van der Waals surface area contributed by atoms with Crippen LogP contribution in [0.15, 0.2) is 24.9 Å². The van der Waals surface area contributed by atoms with Crippen molar-refractivity contribution in [3.63, 3.8) is 0 Å². The Morgan fingerprint density at radius 3 is 2.12 bits per heavy atom. The third-order valence-corrected chi connectivity index (χ3v) is 4.74. The van der Waals surface area contributed by atoms with Gasteiger partial charge in [0, 0.05) is 57.1 Å². The fourth-order valence-corrected chi connectivity index (χ4v) is 3.35. The Morgan fingerprint density at radius 2 is 1.44 bits per heavy atom. The van der Waals surface area contributed by atoms with E-state index in [4.69, 9.17) is 4.74 Å². The van der Waals surface area contributed by atoms with Gasteiger partial charge in [-0.05, 0) is 6.92 Å². The largest absolute Gasteiger partial charge is 0.378 e. The summed E-state index contributed by atoms with van der Waals surface area (Å²) in [5, 5.41) is 0. The number of ether oxygens (including phenoxy) is 1. The van der Waals surface area contributed by atoms with Crippen molar-refractivity contribution in [2.45, 2.75) is 6.92 Å². The SMILES string of the molecule is Cc1cncnc1N1CCN(c2cc(N3CCOCC3)ncn2)CC1. The van der Waals surface area contributed by atoms with E-state index in [0.29, 0.717) is 0 Å². The summed E-state index contributed by atoms with van der Waals surface area (Å²) in [6, 6.07) is 2.09. The topological polar surface area (TPSA) is 70.5 Å². The second kappa shape index (κ2) is 7.18. The van der Waals surface area contributed by atoms with Crippen LogP contribution in [-0.4, -0.2) is 72.4 Å². The predicted molar refractivity (Wildman–Crippen MR) is 96.3 cm³/mol. The van der Waals surface area contributed by atoms with E-state index in [0.717, 1.165) is 75.5 Å². The summed E-state index contributed by atoms with van der Waals surface area (Å²) in [4.78, 5) is 24.3. The maximum Gasteiger partial charge on any atom is 0.134 e. The lowest BCUT2D eigenvalue weighted by molar-refractivity contribution is 0.122. The number of aryl methyl sites for hydroxylation is 1. The van der Waals surface area contributed by atoms with Crippen LogP contribution in [0.3, 0.4) is 0 Å². The minimum Gasteiger partial charge on any atom is -0.378 e. The summed E-state index contributed by atoms with van der Waals surface area (Å²) in [5.41, 5.74) is 1.12. The maximum absolute atomic E-state index is 5.42. The van der Waals surface area contributed by atoms with E-state index in [9.17, 15) is 0 Å². The predicted octanol–water partition coefficient (Wildman–Crippen LogP) is 0.738. The molecule has 0 bridgehead atoms. The normalized spacial score (nSPS) is 18.5. The number of anilines is 3. The molecule has 0 atom stereocenters. The summed E-state index contributed by atoms with van der Waals surface area (Å²) >= 11 is 0. The molecule has 2 aromatic heterocycles. The molecule has 2 aromatic rings. The molecule has 132 valence electrons. The van der Waals surface area contributed by atoms with Crippen molar-refractivity contribution in [3.05, 3.63) is 30.5 Å². The summed E-state index contributed by atoms with van der Waals surface area (Å²) in [6.07, 6.45) is 5.16. The van der Waals surface area contributed by atoms with Gasteiger partial charge in [0.15, 0.2) is 0 Å². The highest BCUT2D eigenvalue weighted by Gasteiger charge is 2.21. The fraction of sp³-hybridized carbons (Fsp3) is 0.529. The highest BCUT2D eigenvalue weighted by molar-refractivity contribution is 5.52. The first-order valence-electron chi connectivity index (χ1n) is 8.72. The molecular weight excluding hydrogens is 318 g/mol. The molecule has 0 spiro atoms. The zero-order valence-electron chi connectivity index (χ0n) is 14.5. The van der Waals surface area contributed by atoms with Crippen molar-refractivity contribution < 1.29 is 4.74 Å². The van der Waals surface area contributed by atoms with Gasteiger partial charge in [-0.3, -0.25) is 0 Å². The van der Waals surface area contributed by atoms with Crippen molar-refractivity contribution in [3.8, 4) is 0 Å². The molecule has 2 saturated heterocycles. The number of morpholine rings is 1. The third-order valence-electron chi connectivity index (χ3n) is 4.74. The van der Waals surface area contributed by atoms with Crippen molar-refractivity contribution in [1.29, 1.82) is 0 Å². The number of piperazine rings is 1. The van der Waals surface area contributed by atoms with E-state index in [1.807, 2.05) is 6.20 Å². The van der Waals surface area contributed by atoms with Crippen LogP contribution in [0.5, 0.6) is 0 Å². The van der Waals surface area contributed by atoms with Crippen LogP contribution >= 0.6 is 0 Å². The average molecular weight is 341 g/mol. The van der Waals surface area contributed by atoms with E-state index < -0.39 is 0 Å². The first-order valence-corrected chi connectivity index (χ1v) is 8.72. The molecule has 0 unspecified atom stereocenters. The van der Waals surface area contributed by atoms with Crippen LogP contribution in [0, 0.1) is 6.92 Å². The van der Waals surface area contributed by atoms with E-state index >= 15 is 0 Å². The van der Waals surface area contributed by atoms with Crippen LogP contribution in [0.25, 0.3) is 0 Å². The van der Waals surface area contributed by atoms with E-state index in [2.05, 4.69) is 47.6 Å². The highest BCUT2D eigenvalue weighted by Crippen LogP contribution is 2.22. The van der Waals surface area contributed by atoms with Crippen LogP contribution < -0.4 is 14.7 Å². The zero-order valence-corrected chi connectivity index (χ0v) is 14.5. The summed E-state index contributed by atoms with van der Waals surface area (Å²) in [7, 11) is 0. The number of rotatable bonds is 3. The second-order valence-electron chi connectivity index (χ2n) is 6.34. The van der Waals surface area contributed by atoms with Gasteiger partial charge < -0.3 is 19.4 Å². The zero-order chi connectivity index (χ0) is 17.1. The van der Waals surface area contributed by atoms with Crippen LogP contribution in [0.1, 0.15) is 5.56 Å². The Morgan fingerprint density at radius 1 is 0.800 bits per heavy atom. The summed E-state index contributed by atoms with van der Waals surface area (Å²) < 4.78 is 5.42. The van der Waals surface area contributed by atoms with Crippen LogP contribution in [-0.2, 0) is 4.74 Å². The second-order valence-corrected chi connectivity index (χ2v) is 6.34. The molecule has 2 fully saturated rings. The van der Waals surface area contributed by atoms with Gasteiger partial charge in [0.1, 0.15) is 30.1 Å². The van der Waals surface area contributed by atoms with Gasteiger partial charge in [-0.1, -0.05) is 0 Å². The first-order chi connectivity index (χ1) is 12.3. The number of aromatic nitrogens is 4. The van der Waals surface area contributed by atoms with Crippen molar-refractivity contribution in [1.82, 2.24) is 19.9 Å². The Bertz CT molecular complexity index is 712. The molecule has 0 aromatic carbocycles. The molecular formula is C17H23N7O. The lowest BCUT2D eigenvalue weighted by Gasteiger charge is -2.36.